The predicted molar refractivity (Wildman–Crippen MR) is 193 cm³/mol. The Bertz CT molecular complexity index is 1570. The van der Waals surface area contributed by atoms with Crippen molar-refractivity contribution in [1.82, 2.24) is 18.7 Å². The van der Waals surface area contributed by atoms with Gasteiger partial charge in [0.15, 0.2) is 0 Å². The lowest BCUT2D eigenvalue weighted by molar-refractivity contribution is -0.118. The van der Waals surface area contributed by atoms with Crippen molar-refractivity contribution in [3.8, 4) is 6.07 Å². The summed E-state index contributed by atoms with van der Waals surface area (Å²) < 4.78 is 8.40. The van der Waals surface area contributed by atoms with Crippen LogP contribution >= 0.6 is 35.3 Å². The number of nitrogens with zero attached hydrogens (tertiary/aromatic N) is 5. The number of benzene rings is 2. The Hall–Kier alpha value is -4.12. The van der Waals surface area contributed by atoms with Gasteiger partial charge in [0, 0.05) is 17.8 Å². The number of carbonyl (C=O) groups excluding carboxylic acids is 2. The minimum Gasteiger partial charge on any atom is -0.393 e. The van der Waals surface area contributed by atoms with E-state index in [0.717, 1.165) is 79.2 Å². The zero-order valence-corrected chi connectivity index (χ0v) is 29.3. The summed E-state index contributed by atoms with van der Waals surface area (Å²) in [4.78, 5) is 34.6. The SMILES string of the molecule is Cc1nsc(C(CCCCCC#N)C(=O)Nc2ccccc2)n1.Cc1nsc(C(CCCCCC(N)=S)C(=O)Nc2ccccc2)n1. The third kappa shape index (κ3) is 14.0. The van der Waals surface area contributed by atoms with E-state index in [4.69, 9.17) is 23.2 Å². The van der Waals surface area contributed by atoms with Gasteiger partial charge in [-0.05, 0) is 93.3 Å². The van der Waals surface area contributed by atoms with Crippen LogP contribution in [-0.4, -0.2) is 35.5 Å². The summed E-state index contributed by atoms with van der Waals surface area (Å²) in [6.07, 6.45) is 8.37. The maximum Gasteiger partial charge on any atom is 0.234 e. The van der Waals surface area contributed by atoms with Crippen LogP contribution in [-0.2, 0) is 9.59 Å². The summed E-state index contributed by atoms with van der Waals surface area (Å²) in [5, 5.41) is 16.0. The molecule has 13 heteroatoms. The third-order valence-electron chi connectivity index (χ3n) is 7.10. The highest BCUT2D eigenvalue weighted by molar-refractivity contribution is 7.80. The highest BCUT2D eigenvalue weighted by Gasteiger charge is 2.25. The molecule has 0 fully saturated rings. The second-order valence-corrected chi connectivity index (χ2v) is 13.1. The first-order valence-electron chi connectivity index (χ1n) is 15.7. The van der Waals surface area contributed by atoms with E-state index < -0.39 is 0 Å². The predicted octanol–water partition coefficient (Wildman–Crippen LogP) is 7.85. The molecule has 0 spiro atoms. The van der Waals surface area contributed by atoms with Gasteiger partial charge in [0.2, 0.25) is 11.8 Å². The Morgan fingerprint density at radius 1 is 0.766 bits per heavy atom. The Kier molecular flexibility index (Phi) is 16.6. The number of nitrogens with one attached hydrogen (secondary N) is 2. The number of hydrogen-bond donors (Lipinski definition) is 3. The third-order valence-corrected chi connectivity index (χ3v) is 9.14. The molecule has 2 amide bonds. The zero-order valence-electron chi connectivity index (χ0n) is 26.9. The molecule has 2 unspecified atom stereocenters. The molecule has 0 bridgehead atoms. The van der Waals surface area contributed by atoms with Crippen LogP contribution in [0.2, 0.25) is 0 Å². The molecular formula is C34H42N8O2S3. The molecule has 0 aliphatic heterocycles. The largest absolute Gasteiger partial charge is 0.393 e. The smallest absolute Gasteiger partial charge is 0.234 e. The maximum absolute atomic E-state index is 12.7. The van der Waals surface area contributed by atoms with Crippen LogP contribution in [0.25, 0.3) is 0 Å². The number of aromatic nitrogens is 4. The summed E-state index contributed by atoms with van der Waals surface area (Å²) in [7, 11) is 0. The van der Waals surface area contributed by atoms with Gasteiger partial charge in [-0.2, -0.15) is 14.0 Å². The summed E-state index contributed by atoms with van der Waals surface area (Å²) >= 11 is 7.48. The fraction of sp³-hybridized carbons (Fsp3) is 0.412. The van der Waals surface area contributed by atoms with E-state index in [1.807, 2.05) is 74.5 Å². The fourth-order valence-electron chi connectivity index (χ4n) is 4.70. The Labute approximate surface area is 290 Å². The summed E-state index contributed by atoms with van der Waals surface area (Å²) in [6, 6.07) is 21.0. The second-order valence-electron chi connectivity index (χ2n) is 11.0. The molecule has 47 heavy (non-hydrogen) atoms. The van der Waals surface area contributed by atoms with Crippen molar-refractivity contribution in [2.75, 3.05) is 10.6 Å². The number of aryl methyl sites for hydroxylation is 2. The van der Waals surface area contributed by atoms with Gasteiger partial charge in [0.05, 0.1) is 22.9 Å². The van der Waals surface area contributed by atoms with E-state index in [0.29, 0.717) is 23.1 Å². The molecule has 0 saturated carbocycles. The van der Waals surface area contributed by atoms with Crippen molar-refractivity contribution in [1.29, 1.82) is 5.26 Å². The molecule has 2 atom stereocenters. The van der Waals surface area contributed by atoms with E-state index in [-0.39, 0.29) is 23.7 Å². The van der Waals surface area contributed by atoms with E-state index >= 15 is 0 Å². The van der Waals surface area contributed by atoms with Crippen LogP contribution in [0, 0.1) is 25.2 Å². The van der Waals surface area contributed by atoms with Crippen LogP contribution in [0.4, 0.5) is 11.4 Å². The van der Waals surface area contributed by atoms with Crippen LogP contribution in [0.5, 0.6) is 0 Å². The zero-order chi connectivity index (χ0) is 33.9. The number of anilines is 2. The number of hydrogen-bond acceptors (Lipinski definition) is 10. The van der Waals surface area contributed by atoms with Crippen molar-refractivity contribution in [2.45, 2.75) is 89.9 Å². The van der Waals surface area contributed by atoms with Gasteiger partial charge in [0.25, 0.3) is 0 Å². The molecule has 4 N–H and O–H groups in total. The molecule has 248 valence electrons. The molecule has 4 rings (SSSR count). The van der Waals surface area contributed by atoms with Crippen molar-refractivity contribution in [2.24, 2.45) is 5.73 Å². The molecule has 0 saturated heterocycles. The number of amides is 2. The van der Waals surface area contributed by atoms with E-state index in [1.54, 1.807) is 0 Å². The second kappa shape index (κ2) is 20.9. The van der Waals surface area contributed by atoms with Gasteiger partial charge in [-0.3, -0.25) is 9.59 Å². The number of unbranched alkanes of at least 4 members (excludes halogenated alkanes) is 5. The number of thiocarbonyl (C=S) groups is 1. The lowest BCUT2D eigenvalue weighted by Crippen LogP contribution is -2.21. The quantitative estimate of drug-likeness (QED) is 0.0741. The normalized spacial score (nSPS) is 11.8. The molecular weight excluding hydrogens is 649 g/mol. The Morgan fingerprint density at radius 2 is 1.21 bits per heavy atom. The summed E-state index contributed by atoms with van der Waals surface area (Å²) in [6.45, 7) is 3.67. The van der Waals surface area contributed by atoms with Crippen LogP contribution in [0.1, 0.15) is 97.7 Å². The maximum atomic E-state index is 12.7. The first-order valence-corrected chi connectivity index (χ1v) is 17.7. The van der Waals surface area contributed by atoms with Crippen molar-refractivity contribution >= 4 is 63.5 Å². The minimum atomic E-state index is -0.288. The number of nitriles is 1. The number of carbonyl (C=O) groups is 2. The number of nitrogens with two attached hydrogens (primary N) is 1. The van der Waals surface area contributed by atoms with Gasteiger partial charge >= 0.3 is 0 Å². The summed E-state index contributed by atoms with van der Waals surface area (Å²) in [5.74, 6) is 0.761. The molecule has 0 aliphatic carbocycles. The highest BCUT2D eigenvalue weighted by atomic mass is 32.1. The van der Waals surface area contributed by atoms with Crippen molar-refractivity contribution in [3.63, 3.8) is 0 Å². The molecule has 2 heterocycles. The van der Waals surface area contributed by atoms with Crippen LogP contribution < -0.4 is 16.4 Å². The lowest BCUT2D eigenvalue weighted by atomic mass is 10.00. The minimum absolute atomic E-state index is 0.0355. The average molecular weight is 691 g/mol. The summed E-state index contributed by atoms with van der Waals surface area (Å²) in [5.41, 5.74) is 7.09. The standard InChI is InChI=1S/C17H22N4OS2.C17H20N4OS/c1-12-19-17(24-21-12)14(10-6-3-7-11-15(18)23)16(22)20-13-8-4-2-5-9-13;1-13-19-17(23-21-13)15(11-7-2-3-8-12-18)16(22)20-14-9-5-4-6-10-14/h2,4-5,8-9,14H,3,6-7,10-11H2,1H3,(H2,18,23)(H,20,22);4-6,9-10,15H,2-3,7-8,11H2,1H3,(H,20,22). The van der Waals surface area contributed by atoms with Gasteiger partial charge in [-0.25, -0.2) is 9.97 Å². The molecule has 4 aromatic rings. The van der Waals surface area contributed by atoms with E-state index in [9.17, 15) is 9.59 Å². The van der Waals surface area contributed by atoms with Crippen molar-refractivity contribution < 1.29 is 9.59 Å². The Balaban J connectivity index is 0.000000256. The van der Waals surface area contributed by atoms with Gasteiger partial charge < -0.3 is 16.4 Å². The fourth-order valence-corrected chi connectivity index (χ4v) is 6.43. The monoisotopic (exact) mass is 690 g/mol. The first-order chi connectivity index (χ1) is 22.8. The van der Waals surface area contributed by atoms with E-state index in [1.165, 1.54) is 23.1 Å². The van der Waals surface area contributed by atoms with Gasteiger partial charge in [-0.1, -0.05) is 74.3 Å². The first kappa shape index (κ1) is 37.3. The lowest BCUT2D eigenvalue weighted by Gasteiger charge is -2.14. The topological polar surface area (TPSA) is 160 Å². The highest BCUT2D eigenvalue weighted by Crippen LogP contribution is 2.27. The number of para-hydroxylation sites is 2. The Morgan fingerprint density at radius 3 is 1.60 bits per heavy atom. The van der Waals surface area contributed by atoms with Crippen LogP contribution in [0.3, 0.4) is 0 Å². The molecule has 10 nitrogen and oxygen atoms in total. The molecule has 0 aliphatic rings. The number of rotatable bonds is 17. The molecule has 2 aromatic heterocycles. The molecule has 2 aromatic carbocycles. The van der Waals surface area contributed by atoms with Crippen molar-refractivity contribution in [3.05, 3.63) is 82.3 Å². The van der Waals surface area contributed by atoms with E-state index in [2.05, 4.69) is 35.4 Å². The van der Waals surface area contributed by atoms with Gasteiger partial charge in [-0.15, -0.1) is 0 Å². The van der Waals surface area contributed by atoms with Crippen LogP contribution in [0.15, 0.2) is 60.7 Å². The average Bonchev–Trinajstić information content (AvgIpc) is 3.69. The molecule has 0 radical (unpaired) electrons. The van der Waals surface area contributed by atoms with Gasteiger partial charge in [0.1, 0.15) is 21.7 Å².